The predicted molar refractivity (Wildman–Crippen MR) is 240 cm³/mol. The van der Waals surface area contributed by atoms with E-state index in [0.717, 1.165) is 94.9 Å². The van der Waals surface area contributed by atoms with Crippen LogP contribution in [0.4, 0.5) is 5.69 Å². The second kappa shape index (κ2) is 23.0. The second-order valence-corrected chi connectivity index (χ2v) is 19.4. The number of hydrogen-bond donors (Lipinski definition) is 6. The largest absolute Gasteiger partial charge is 0.478 e. The number of esters is 1. The molecular formula is C47H67N7O12. The van der Waals surface area contributed by atoms with Gasteiger partial charge in [0.25, 0.3) is 11.6 Å². The summed E-state index contributed by atoms with van der Waals surface area (Å²) < 4.78 is 4.64. The van der Waals surface area contributed by atoms with Crippen LogP contribution in [0, 0.1) is 33.3 Å². The number of allylic oxidation sites excluding steroid dienone is 1. The Balaban J connectivity index is 1.43. The molecule has 3 aliphatic carbocycles. The van der Waals surface area contributed by atoms with E-state index in [9.17, 15) is 48.8 Å². The number of amides is 6. The van der Waals surface area contributed by atoms with Gasteiger partial charge in [0.05, 0.1) is 23.2 Å². The number of non-ortho nitro benzene ring substituents is 1. The molecule has 5 rings (SSSR count). The van der Waals surface area contributed by atoms with Crippen molar-refractivity contribution in [1.29, 1.82) is 0 Å². The molecule has 7 N–H and O–H groups in total. The van der Waals surface area contributed by atoms with Gasteiger partial charge in [-0.2, -0.15) is 0 Å². The summed E-state index contributed by atoms with van der Waals surface area (Å²) in [6.07, 6.45) is 14.4. The van der Waals surface area contributed by atoms with Crippen molar-refractivity contribution < 1.29 is 53.1 Å². The summed E-state index contributed by atoms with van der Waals surface area (Å²) in [6.45, 7) is 5.23. The average Bonchev–Trinajstić information content (AvgIpc) is 3.69. The first-order valence-corrected chi connectivity index (χ1v) is 23.4. The van der Waals surface area contributed by atoms with Gasteiger partial charge in [-0.1, -0.05) is 78.2 Å². The van der Waals surface area contributed by atoms with Crippen molar-refractivity contribution in [2.24, 2.45) is 28.9 Å². The lowest BCUT2D eigenvalue weighted by Crippen LogP contribution is -2.63. The number of aromatic carboxylic acids is 1. The van der Waals surface area contributed by atoms with Gasteiger partial charge in [-0.05, 0) is 87.0 Å². The summed E-state index contributed by atoms with van der Waals surface area (Å²) in [7, 11) is 1.19. The number of hydrogen-bond acceptors (Lipinski definition) is 11. The number of carbonyl (C=O) groups excluding carboxylic acids is 7. The number of nitrogens with zero attached hydrogens (tertiary/aromatic N) is 2. The van der Waals surface area contributed by atoms with Gasteiger partial charge in [-0.3, -0.25) is 38.9 Å². The first kappa shape index (κ1) is 51.1. The standard InChI is InChI=1S/C47H67N7O12/c1-47(2,3)39(52-42(58)33(20-12-14-22-36(55)66-4)49-41(57)31-24-23-30(54(64)65)26-32(31)46(62)63)45(61)53-34-21-13-11-19-29(34)25-35(53)43(59)51-38(28-17-9-6-10-18-28)44(60)50-37(40(48)56)27-15-7-5-8-16-27/h14,22-24,26-29,33-35,37-39H,5-13,15-21,25H2,1-4H3,(H2,48,56)(H,49,57)(H,50,60)(H,51,59)(H,52,58)(H,62,63)/b22-14+/t29?,33-,34?,35-,37-,38?,39+/m0/s1. The average molecular weight is 922 g/mol. The minimum atomic E-state index is -1.62. The number of benzene rings is 1. The molecule has 7 atom stereocenters. The smallest absolute Gasteiger partial charge is 0.336 e. The molecule has 3 unspecified atom stereocenters. The van der Waals surface area contributed by atoms with E-state index in [2.05, 4.69) is 26.0 Å². The highest BCUT2D eigenvalue weighted by atomic mass is 16.6. The van der Waals surface area contributed by atoms with Crippen molar-refractivity contribution in [3.63, 3.8) is 0 Å². The fourth-order valence-electron chi connectivity index (χ4n) is 10.3. The molecule has 0 radical (unpaired) electrons. The van der Waals surface area contributed by atoms with E-state index in [1.54, 1.807) is 25.7 Å². The van der Waals surface area contributed by atoms with E-state index in [1.165, 1.54) is 13.2 Å². The van der Waals surface area contributed by atoms with Crippen LogP contribution in [0.25, 0.3) is 0 Å². The summed E-state index contributed by atoms with van der Waals surface area (Å²) >= 11 is 0. The molecule has 6 amide bonds. The van der Waals surface area contributed by atoms with Gasteiger partial charge in [0, 0.05) is 24.3 Å². The predicted octanol–water partition coefficient (Wildman–Crippen LogP) is 4.21. The minimum absolute atomic E-state index is 0.0268. The molecule has 1 saturated heterocycles. The van der Waals surface area contributed by atoms with Crippen LogP contribution in [-0.4, -0.2) is 106 Å². The quantitative estimate of drug-likeness (QED) is 0.0523. The second-order valence-electron chi connectivity index (χ2n) is 19.4. The van der Waals surface area contributed by atoms with E-state index < -0.39 is 105 Å². The Hall–Kier alpha value is -5.88. The van der Waals surface area contributed by atoms with E-state index >= 15 is 4.79 Å². The van der Waals surface area contributed by atoms with Gasteiger partial charge in [-0.15, -0.1) is 0 Å². The van der Waals surface area contributed by atoms with E-state index in [-0.39, 0.29) is 36.6 Å². The Morgan fingerprint density at radius 3 is 2.02 bits per heavy atom. The Kier molecular flexibility index (Phi) is 17.8. The zero-order chi connectivity index (χ0) is 48.3. The monoisotopic (exact) mass is 921 g/mol. The maximum atomic E-state index is 15.2. The van der Waals surface area contributed by atoms with E-state index in [0.29, 0.717) is 25.7 Å². The van der Waals surface area contributed by atoms with Crippen LogP contribution >= 0.6 is 0 Å². The summed E-state index contributed by atoms with van der Waals surface area (Å²) in [5.41, 5.74) is 3.20. The van der Waals surface area contributed by atoms with Crippen LogP contribution in [-0.2, 0) is 33.5 Å². The van der Waals surface area contributed by atoms with Crippen molar-refractivity contribution in [2.75, 3.05) is 7.11 Å². The number of nitro benzene ring substituents is 1. The number of nitro groups is 1. The van der Waals surface area contributed by atoms with Crippen molar-refractivity contribution in [3.05, 3.63) is 51.6 Å². The number of fused-ring (bicyclic) bond motifs is 1. The van der Waals surface area contributed by atoms with Gasteiger partial charge < -0.3 is 41.7 Å². The molecular weight excluding hydrogens is 855 g/mol. The van der Waals surface area contributed by atoms with Crippen LogP contribution in [0.2, 0.25) is 0 Å². The highest BCUT2D eigenvalue weighted by Gasteiger charge is 2.51. The molecule has 1 heterocycles. The molecule has 19 heteroatoms. The zero-order valence-electron chi connectivity index (χ0n) is 38.5. The third-order valence-electron chi connectivity index (χ3n) is 13.9. The van der Waals surface area contributed by atoms with Gasteiger partial charge in [0.15, 0.2) is 0 Å². The van der Waals surface area contributed by atoms with E-state index in [1.807, 2.05) is 0 Å². The van der Waals surface area contributed by atoms with Crippen LogP contribution in [0.5, 0.6) is 0 Å². The number of primary amides is 1. The molecule has 1 aromatic carbocycles. The third-order valence-corrected chi connectivity index (χ3v) is 13.9. The lowest BCUT2D eigenvalue weighted by atomic mass is 9.81. The number of carboxylic acid groups (broad SMARTS) is 1. The fourth-order valence-corrected chi connectivity index (χ4v) is 10.3. The maximum absolute atomic E-state index is 15.2. The van der Waals surface area contributed by atoms with Crippen molar-refractivity contribution in [2.45, 2.75) is 166 Å². The van der Waals surface area contributed by atoms with Crippen molar-refractivity contribution in [3.8, 4) is 0 Å². The van der Waals surface area contributed by atoms with E-state index in [4.69, 9.17) is 5.73 Å². The summed E-state index contributed by atoms with van der Waals surface area (Å²) in [5.74, 6) is -6.60. The third kappa shape index (κ3) is 12.9. The Labute approximate surface area is 385 Å². The number of carboxylic acids is 1. The van der Waals surface area contributed by atoms with Crippen LogP contribution in [0.15, 0.2) is 30.4 Å². The van der Waals surface area contributed by atoms with Crippen LogP contribution in [0.1, 0.15) is 151 Å². The van der Waals surface area contributed by atoms with Gasteiger partial charge in [-0.25, -0.2) is 9.59 Å². The summed E-state index contributed by atoms with van der Waals surface area (Å²) in [4.78, 5) is 121. The van der Waals surface area contributed by atoms with Gasteiger partial charge in [0.2, 0.25) is 29.5 Å². The molecule has 4 aliphatic rings. The number of ether oxygens (including phenoxy) is 1. The topological polar surface area (TPSA) is 287 Å². The van der Waals surface area contributed by atoms with Gasteiger partial charge in [0.1, 0.15) is 30.2 Å². The molecule has 362 valence electrons. The lowest BCUT2D eigenvalue weighted by molar-refractivity contribution is -0.384. The Morgan fingerprint density at radius 2 is 1.44 bits per heavy atom. The number of methoxy groups -OCH3 is 1. The summed E-state index contributed by atoms with van der Waals surface area (Å²) in [5, 5.41) is 32.6. The molecule has 1 aliphatic heterocycles. The van der Waals surface area contributed by atoms with Gasteiger partial charge >= 0.3 is 11.9 Å². The normalized spacial score (nSPS) is 22.2. The first-order chi connectivity index (χ1) is 31.3. The minimum Gasteiger partial charge on any atom is -0.478 e. The molecule has 0 aromatic heterocycles. The molecule has 0 bridgehead atoms. The number of likely N-dealkylation sites (tertiary alicyclic amines) is 1. The fraction of sp³-hybridized carbons (Fsp3) is 0.660. The zero-order valence-corrected chi connectivity index (χ0v) is 38.5. The molecule has 66 heavy (non-hydrogen) atoms. The molecule has 0 spiro atoms. The van der Waals surface area contributed by atoms with Crippen molar-refractivity contribution in [1.82, 2.24) is 26.2 Å². The Bertz CT molecular complexity index is 2020. The number of nitrogens with two attached hydrogens (primary N) is 1. The van der Waals surface area contributed by atoms with Crippen LogP contribution < -0.4 is 27.0 Å². The maximum Gasteiger partial charge on any atom is 0.336 e. The van der Waals surface area contributed by atoms with Crippen LogP contribution in [0.3, 0.4) is 0 Å². The molecule has 1 aromatic rings. The number of nitrogens with one attached hydrogen (secondary N) is 4. The Morgan fingerprint density at radius 1 is 0.833 bits per heavy atom. The SMILES string of the molecule is COC(=O)/C=C/CC[C@H](NC(=O)c1ccc([N+](=O)[O-])cc1C(=O)O)C(=O)N[C@H](C(=O)N1C2CCCCC2C[C@H]1C(=O)NC(C(=O)N[C@H](C(N)=O)C1CCCCC1)C1CCCCC1)C(C)(C)C. The van der Waals surface area contributed by atoms with Crippen molar-refractivity contribution >= 4 is 53.1 Å². The molecule has 3 saturated carbocycles. The lowest BCUT2D eigenvalue weighted by Gasteiger charge is -2.40. The number of carbonyl (C=O) groups is 8. The summed E-state index contributed by atoms with van der Waals surface area (Å²) in [6, 6.07) is -3.19. The first-order valence-electron chi connectivity index (χ1n) is 23.4. The molecule has 4 fully saturated rings. The molecule has 19 nitrogen and oxygen atoms in total. The highest BCUT2D eigenvalue weighted by molar-refractivity contribution is 6.06. The number of rotatable bonds is 18. The highest BCUT2D eigenvalue weighted by Crippen LogP contribution is 2.41.